The summed E-state index contributed by atoms with van der Waals surface area (Å²) in [6.07, 6.45) is 3.39. The Morgan fingerprint density at radius 3 is 2.49 bits per heavy atom. The Morgan fingerprint density at radius 2 is 1.85 bits per heavy atom. The lowest BCUT2D eigenvalue weighted by Gasteiger charge is -2.29. The SMILES string of the molecule is CCCCCCC(=O)Oc1c(C)ccnc1C(=O)N[C@H]1COC(=O)[C@H](CC)[C@@H](OC(=O)C(C)C)[C@H](C)OC1=O. The molecule has 0 aliphatic carbocycles. The molecule has 2 heterocycles. The second kappa shape index (κ2) is 15.2. The number of hydrogen-bond donors (Lipinski definition) is 1. The minimum absolute atomic E-state index is 0.0102. The van der Waals surface area contributed by atoms with E-state index in [0.29, 0.717) is 12.0 Å². The topological polar surface area (TPSA) is 147 Å². The van der Waals surface area contributed by atoms with Crippen LogP contribution in [0.15, 0.2) is 12.3 Å². The average Bonchev–Trinajstić information content (AvgIpc) is 2.92. The molecule has 39 heavy (non-hydrogen) atoms. The van der Waals surface area contributed by atoms with Gasteiger partial charge in [-0.05, 0) is 38.3 Å². The van der Waals surface area contributed by atoms with E-state index in [1.54, 1.807) is 33.8 Å². The lowest BCUT2D eigenvalue weighted by molar-refractivity contribution is -0.176. The Kier molecular flexibility index (Phi) is 12.3. The zero-order valence-corrected chi connectivity index (χ0v) is 23.6. The third-order valence-electron chi connectivity index (χ3n) is 6.38. The van der Waals surface area contributed by atoms with E-state index < -0.39 is 66.5 Å². The number of nitrogens with one attached hydrogen (secondary N) is 1. The van der Waals surface area contributed by atoms with Crippen LogP contribution < -0.4 is 10.1 Å². The Balaban J connectivity index is 2.21. The number of cyclic esters (lactones) is 2. The Hall–Kier alpha value is -3.50. The predicted molar refractivity (Wildman–Crippen MR) is 140 cm³/mol. The van der Waals surface area contributed by atoms with Gasteiger partial charge in [-0.2, -0.15) is 0 Å². The van der Waals surface area contributed by atoms with Gasteiger partial charge in [0.25, 0.3) is 5.91 Å². The highest BCUT2D eigenvalue weighted by Crippen LogP contribution is 2.25. The van der Waals surface area contributed by atoms with Gasteiger partial charge in [0.1, 0.15) is 12.7 Å². The number of aromatic nitrogens is 1. The summed E-state index contributed by atoms with van der Waals surface area (Å²) in [4.78, 5) is 67.8. The molecular formula is C28H40N2O9. The zero-order chi connectivity index (χ0) is 29.1. The van der Waals surface area contributed by atoms with Crippen LogP contribution in [0.1, 0.15) is 89.2 Å². The molecule has 2 rings (SSSR count). The van der Waals surface area contributed by atoms with Crippen molar-refractivity contribution in [2.45, 2.75) is 98.3 Å². The fourth-order valence-electron chi connectivity index (χ4n) is 4.00. The fourth-order valence-corrected chi connectivity index (χ4v) is 4.00. The van der Waals surface area contributed by atoms with E-state index in [4.69, 9.17) is 18.9 Å². The maximum absolute atomic E-state index is 13.2. The van der Waals surface area contributed by atoms with E-state index in [-0.39, 0.29) is 24.3 Å². The number of hydrogen-bond acceptors (Lipinski definition) is 10. The largest absolute Gasteiger partial charge is 0.463 e. The summed E-state index contributed by atoms with van der Waals surface area (Å²) in [7, 11) is 0. The summed E-state index contributed by atoms with van der Waals surface area (Å²) in [5.74, 6) is -4.75. The first-order chi connectivity index (χ1) is 18.5. The molecular weight excluding hydrogens is 508 g/mol. The van der Waals surface area contributed by atoms with Crippen molar-refractivity contribution in [3.63, 3.8) is 0 Å². The van der Waals surface area contributed by atoms with Gasteiger partial charge in [0, 0.05) is 12.6 Å². The van der Waals surface area contributed by atoms with Gasteiger partial charge in [-0.15, -0.1) is 0 Å². The molecule has 1 amide bonds. The number of unbranched alkanes of at least 4 members (excludes halogenated alkanes) is 3. The number of nitrogens with zero attached hydrogens (tertiary/aromatic N) is 1. The number of ether oxygens (including phenoxy) is 4. The number of aryl methyl sites for hydroxylation is 1. The molecule has 0 radical (unpaired) electrons. The molecule has 0 bridgehead atoms. The van der Waals surface area contributed by atoms with Crippen molar-refractivity contribution in [2.24, 2.45) is 11.8 Å². The van der Waals surface area contributed by atoms with Gasteiger partial charge < -0.3 is 24.3 Å². The third kappa shape index (κ3) is 9.04. The molecule has 1 aliphatic rings. The minimum atomic E-state index is -1.37. The number of rotatable bonds is 11. The van der Waals surface area contributed by atoms with E-state index >= 15 is 0 Å². The number of pyridine rings is 1. The maximum Gasteiger partial charge on any atom is 0.332 e. The van der Waals surface area contributed by atoms with Crippen LogP contribution in [0.4, 0.5) is 0 Å². The van der Waals surface area contributed by atoms with Gasteiger partial charge in [0.05, 0.1) is 11.8 Å². The number of carbonyl (C=O) groups excluding carboxylic acids is 5. The van der Waals surface area contributed by atoms with Crippen molar-refractivity contribution >= 4 is 29.8 Å². The smallest absolute Gasteiger partial charge is 0.332 e. The van der Waals surface area contributed by atoms with Crippen LogP contribution in [0.25, 0.3) is 0 Å². The monoisotopic (exact) mass is 548 g/mol. The third-order valence-corrected chi connectivity index (χ3v) is 6.38. The molecule has 0 saturated carbocycles. The Labute approximate surface area is 229 Å². The van der Waals surface area contributed by atoms with Gasteiger partial charge in [-0.3, -0.25) is 19.2 Å². The van der Waals surface area contributed by atoms with Gasteiger partial charge in [0.15, 0.2) is 23.6 Å². The summed E-state index contributed by atoms with van der Waals surface area (Å²) in [5.41, 5.74) is 0.314. The van der Waals surface area contributed by atoms with Crippen LogP contribution in [-0.4, -0.2) is 59.6 Å². The van der Waals surface area contributed by atoms with Gasteiger partial charge in [0.2, 0.25) is 0 Å². The Bertz CT molecular complexity index is 1040. The molecule has 11 nitrogen and oxygen atoms in total. The van der Waals surface area contributed by atoms with E-state index in [1.165, 1.54) is 13.1 Å². The van der Waals surface area contributed by atoms with E-state index in [2.05, 4.69) is 17.2 Å². The Morgan fingerprint density at radius 1 is 1.13 bits per heavy atom. The van der Waals surface area contributed by atoms with Gasteiger partial charge in [-0.1, -0.05) is 47.0 Å². The van der Waals surface area contributed by atoms with Crippen LogP contribution in [0.2, 0.25) is 0 Å². The summed E-state index contributed by atoms with van der Waals surface area (Å²) < 4.78 is 21.8. The summed E-state index contributed by atoms with van der Waals surface area (Å²) in [6.45, 7) is 9.77. The molecule has 1 saturated heterocycles. The predicted octanol–water partition coefficient (Wildman–Crippen LogP) is 3.45. The first-order valence-electron chi connectivity index (χ1n) is 13.5. The van der Waals surface area contributed by atoms with Gasteiger partial charge >= 0.3 is 23.9 Å². The quantitative estimate of drug-likeness (QED) is 0.248. The average molecular weight is 549 g/mol. The maximum atomic E-state index is 13.2. The summed E-state index contributed by atoms with van der Waals surface area (Å²) in [5, 5.41) is 2.48. The van der Waals surface area contributed by atoms with Crippen molar-refractivity contribution in [2.75, 3.05) is 6.61 Å². The van der Waals surface area contributed by atoms with E-state index in [0.717, 1.165) is 19.3 Å². The molecule has 0 unspecified atom stereocenters. The fraction of sp³-hybridized carbons (Fsp3) is 0.643. The van der Waals surface area contributed by atoms with Crippen molar-refractivity contribution in [1.29, 1.82) is 0 Å². The van der Waals surface area contributed by atoms with Crippen LogP contribution in [0.3, 0.4) is 0 Å². The molecule has 11 heteroatoms. The van der Waals surface area contributed by atoms with E-state index in [9.17, 15) is 24.0 Å². The number of amides is 1. The van der Waals surface area contributed by atoms with Crippen LogP contribution in [-0.2, 0) is 33.4 Å². The van der Waals surface area contributed by atoms with Crippen molar-refractivity contribution in [1.82, 2.24) is 10.3 Å². The molecule has 4 atom stereocenters. The zero-order valence-electron chi connectivity index (χ0n) is 23.6. The molecule has 1 fully saturated rings. The first-order valence-corrected chi connectivity index (χ1v) is 13.5. The molecule has 1 N–H and O–H groups in total. The lowest BCUT2D eigenvalue weighted by atomic mass is 9.95. The highest BCUT2D eigenvalue weighted by Gasteiger charge is 2.41. The first kappa shape index (κ1) is 31.7. The molecule has 216 valence electrons. The number of carbonyl (C=O) groups is 5. The van der Waals surface area contributed by atoms with E-state index in [1.807, 2.05) is 0 Å². The van der Waals surface area contributed by atoms with Crippen molar-refractivity contribution in [3.8, 4) is 5.75 Å². The van der Waals surface area contributed by atoms with Crippen molar-refractivity contribution in [3.05, 3.63) is 23.5 Å². The highest BCUT2D eigenvalue weighted by molar-refractivity contribution is 5.98. The standard InChI is InChI=1S/C28H40N2O9/c1-7-9-10-11-12-21(31)38-23-17(5)13-14-29-22(23)25(32)30-20-15-36-27(34)19(8-2)24(18(6)37-28(20)35)39-26(33)16(3)4/h13-14,16,18-20,24H,7-12,15H2,1-6H3,(H,30,32)/t18-,19+,20-,24-/m0/s1. The van der Waals surface area contributed by atoms with Gasteiger partial charge in [-0.25, -0.2) is 9.78 Å². The normalized spacial score (nSPS) is 21.6. The second-order valence-electron chi connectivity index (χ2n) is 9.96. The van der Waals surface area contributed by atoms with Crippen LogP contribution in [0.5, 0.6) is 5.75 Å². The minimum Gasteiger partial charge on any atom is -0.463 e. The summed E-state index contributed by atoms with van der Waals surface area (Å²) in [6, 6.07) is 0.221. The molecule has 1 aliphatic heterocycles. The molecule has 1 aromatic heterocycles. The molecule has 0 aromatic carbocycles. The highest BCUT2D eigenvalue weighted by atomic mass is 16.6. The van der Waals surface area contributed by atoms with Crippen LogP contribution >= 0.6 is 0 Å². The molecule has 1 aromatic rings. The molecule has 0 spiro atoms. The number of esters is 4. The van der Waals surface area contributed by atoms with Crippen LogP contribution in [0, 0.1) is 18.8 Å². The summed E-state index contributed by atoms with van der Waals surface area (Å²) >= 11 is 0. The lowest BCUT2D eigenvalue weighted by Crippen LogP contribution is -2.47. The van der Waals surface area contributed by atoms with Crippen molar-refractivity contribution < 1.29 is 42.9 Å². The second-order valence-corrected chi connectivity index (χ2v) is 9.96.